The number of aryl methyl sites for hydroxylation is 1. The first-order chi connectivity index (χ1) is 9.04. The molecule has 1 heterocycles. The van der Waals surface area contributed by atoms with Gasteiger partial charge in [0.2, 0.25) is 11.7 Å². The highest BCUT2D eigenvalue weighted by atomic mass is 127. The minimum atomic E-state index is -1.14. The number of nitrogens with zero attached hydrogens (tertiary/aromatic N) is 1. The maximum atomic E-state index is 11.1. The van der Waals surface area contributed by atoms with Gasteiger partial charge in [0, 0.05) is 10.7 Å². The molecule has 100 valence electrons. The summed E-state index contributed by atoms with van der Waals surface area (Å²) in [6, 6.07) is 5.71. The van der Waals surface area contributed by atoms with E-state index in [9.17, 15) is 4.79 Å². The topological polar surface area (TPSA) is 72.6 Å². The third-order valence-corrected chi connectivity index (χ3v) is 4.03. The Morgan fingerprint density at radius 3 is 2.89 bits per heavy atom. The van der Waals surface area contributed by atoms with Gasteiger partial charge >= 0.3 is 5.97 Å². The third kappa shape index (κ3) is 2.79. The summed E-state index contributed by atoms with van der Waals surface area (Å²) in [5.41, 5.74) is 2.16. The molecule has 0 saturated carbocycles. The van der Waals surface area contributed by atoms with Crippen molar-refractivity contribution in [2.75, 3.05) is 7.11 Å². The van der Waals surface area contributed by atoms with E-state index >= 15 is 0 Å². The Balaban J connectivity index is 2.54. The van der Waals surface area contributed by atoms with E-state index in [1.54, 1.807) is 0 Å². The molecule has 0 saturated heterocycles. The van der Waals surface area contributed by atoms with Gasteiger partial charge in [-0.25, -0.2) is 9.78 Å². The quantitative estimate of drug-likeness (QED) is 0.834. The van der Waals surface area contributed by atoms with E-state index in [2.05, 4.69) is 27.6 Å². The molecule has 1 N–H and O–H groups in total. The molecule has 0 unspecified atom stereocenters. The zero-order valence-corrected chi connectivity index (χ0v) is 12.6. The molecule has 0 bridgehead atoms. The number of carbonyl (C=O) groups is 1. The molecule has 19 heavy (non-hydrogen) atoms. The molecular weight excluding hydrogens is 361 g/mol. The maximum absolute atomic E-state index is 11.1. The van der Waals surface area contributed by atoms with Gasteiger partial charge in [0.15, 0.2) is 0 Å². The zero-order valence-electron chi connectivity index (χ0n) is 10.4. The number of aromatic nitrogens is 1. The van der Waals surface area contributed by atoms with Crippen molar-refractivity contribution in [3.63, 3.8) is 0 Å². The summed E-state index contributed by atoms with van der Waals surface area (Å²) in [6.45, 7) is 2.08. The van der Waals surface area contributed by atoms with Crippen LogP contribution in [0.15, 0.2) is 22.6 Å². The molecule has 1 aromatic carbocycles. The summed E-state index contributed by atoms with van der Waals surface area (Å²) < 4.78 is 11.3. The Bertz CT molecular complexity index is 621. The van der Waals surface area contributed by atoms with E-state index in [0.29, 0.717) is 11.6 Å². The van der Waals surface area contributed by atoms with Crippen LogP contribution in [-0.2, 0) is 11.3 Å². The van der Waals surface area contributed by atoms with Crippen molar-refractivity contribution in [1.82, 2.24) is 4.98 Å². The highest BCUT2D eigenvalue weighted by Gasteiger charge is 2.21. The van der Waals surface area contributed by atoms with Crippen LogP contribution in [0.1, 0.15) is 21.8 Å². The van der Waals surface area contributed by atoms with Crippen molar-refractivity contribution in [3.05, 3.63) is 38.8 Å². The fourth-order valence-corrected chi connectivity index (χ4v) is 2.27. The van der Waals surface area contributed by atoms with E-state index in [1.807, 2.05) is 25.1 Å². The van der Waals surface area contributed by atoms with Gasteiger partial charge in [0.05, 0.1) is 12.2 Å². The molecule has 0 atom stereocenters. The first-order valence-electron chi connectivity index (χ1n) is 5.52. The van der Waals surface area contributed by atoms with Crippen molar-refractivity contribution in [1.29, 1.82) is 0 Å². The molecule has 0 fully saturated rings. The summed E-state index contributed by atoms with van der Waals surface area (Å²) in [7, 11) is 1.48. The fourth-order valence-electron chi connectivity index (χ4n) is 1.68. The molecule has 0 amide bonds. The smallest absolute Gasteiger partial charge is 0.373 e. The summed E-state index contributed by atoms with van der Waals surface area (Å²) in [6.07, 6.45) is 0. The van der Waals surface area contributed by atoms with Gasteiger partial charge < -0.3 is 14.3 Å². The lowest BCUT2D eigenvalue weighted by atomic mass is 10.1. The standard InChI is InChI=1S/C13H12INO4/c1-7-4-3-5-8(10(7)14)12-15-9(6-18-2)11(19-12)13(16)17/h3-5H,6H2,1-2H3,(H,16,17). The molecule has 6 heteroatoms. The van der Waals surface area contributed by atoms with Crippen LogP contribution in [0.5, 0.6) is 0 Å². The van der Waals surface area contributed by atoms with E-state index in [0.717, 1.165) is 14.7 Å². The summed E-state index contributed by atoms with van der Waals surface area (Å²) in [4.78, 5) is 15.3. The van der Waals surface area contributed by atoms with Crippen molar-refractivity contribution >= 4 is 28.6 Å². The Labute approximate surface area is 123 Å². The molecule has 0 radical (unpaired) electrons. The molecule has 0 aliphatic heterocycles. The maximum Gasteiger partial charge on any atom is 0.373 e. The zero-order chi connectivity index (χ0) is 14.0. The molecule has 2 rings (SSSR count). The van der Waals surface area contributed by atoms with Gasteiger partial charge in [-0.1, -0.05) is 12.1 Å². The van der Waals surface area contributed by atoms with Crippen LogP contribution in [0, 0.1) is 10.5 Å². The number of methoxy groups -OCH3 is 1. The number of hydrogen-bond acceptors (Lipinski definition) is 4. The summed E-state index contributed by atoms with van der Waals surface area (Å²) in [5.74, 6) is -1.01. The van der Waals surface area contributed by atoms with Crippen molar-refractivity contribution in [3.8, 4) is 11.5 Å². The van der Waals surface area contributed by atoms with Gasteiger partial charge in [0.25, 0.3) is 0 Å². The first kappa shape index (κ1) is 14.0. The van der Waals surface area contributed by atoms with Gasteiger partial charge in [-0.3, -0.25) is 0 Å². The number of hydrogen-bond donors (Lipinski definition) is 1. The largest absolute Gasteiger partial charge is 0.475 e. The number of carboxylic acid groups (broad SMARTS) is 1. The minimum absolute atomic E-state index is 0.105. The van der Waals surface area contributed by atoms with Crippen LogP contribution in [0.25, 0.3) is 11.5 Å². The van der Waals surface area contributed by atoms with Crippen LogP contribution < -0.4 is 0 Å². The Morgan fingerprint density at radius 2 is 2.26 bits per heavy atom. The Hall–Kier alpha value is -1.41. The second-order valence-corrected chi connectivity index (χ2v) is 5.05. The van der Waals surface area contributed by atoms with Crippen molar-refractivity contribution < 1.29 is 19.1 Å². The summed E-state index contributed by atoms with van der Waals surface area (Å²) in [5, 5.41) is 9.09. The molecule has 1 aromatic heterocycles. The van der Waals surface area contributed by atoms with Crippen LogP contribution in [0.2, 0.25) is 0 Å². The summed E-state index contributed by atoms with van der Waals surface area (Å²) >= 11 is 2.19. The highest BCUT2D eigenvalue weighted by molar-refractivity contribution is 14.1. The lowest BCUT2D eigenvalue weighted by Gasteiger charge is -2.02. The number of halogens is 1. The Kier molecular flexibility index (Phi) is 4.20. The highest BCUT2D eigenvalue weighted by Crippen LogP contribution is 2.28. The second-order valence-electron chi connectivity index (χ2n) is 3.97. The van der Waals surface area contributed by atoms with Gasteiger partial charge in [-0.2, -0.15) is 0 Å². The normalized spacial score (nSPS) is 10.7. The van der Waals surface area contributed by atoms with Crippen LogP contribution in [0.3, 0.4) is 0 Å². The first-order valence-corrected chi connectivity index (χ1v) is 6.60. The molecule has 0 aliphatic carbocycles. The van der Waals surface area contributed by atoms with Gasteiger partial charge in [-0.15, -0.1) is 0 Å². The second kappa shape index (κ2) is 5.70. The van der Waals surface area contributed by atoms with Gasteiger partial charge in [-0.05, 0) is 41.1 Å². The van der Waals surface area contributed by atoms with E-state index in [-0.39, 0.29) is 12.4 Å². The average molecular weight is 373 g/mol. The number of benzene rings is 1. The number of aromatic carboxylic acids is 1. The van der Waals surface area contributed by atoms with E-state index < -0.39 is 5.97 Å². The third-order valence-electron chi connectivity index (χ3n) is 2.59. The molecule has 0 spiro atoms. The van der Waals surface area contributed by atoms with Crippen LogP contribution in [0.4, 0.5) is 0 Å². The van der Waals surface area contributed by atoms with Crippen LogP contribution in [-0.4, -0.2) is 23.2 Å². The lowest BCUT2D eigenvalue weighted by Crippen LogP contribution is -2.00. The number of oxazole rings is 1. The monoisotopic (exact) mass is 373 g/mol. The molecular formula is C13H12INO4. The van der Waals surface area contributed by atoms with Gasteiger partial charge in [0.1, 0.15) is 5.69 Å². The van der Waals surface area contributed by atoms with E-state index in [4.69, 9.17) is 14.3 Å². The molecule has 2 aromatic rings. The number of ether oxygens (including phenoxy) is 1. The predicted octanol–water partition coefficient (Wildman–Crippen LogP) is 3.10. The molecule has 0 aliphatic rings. The SMILES string of the molecule is COCc1nc(-c2cccc(C)c2I)oc1C(=O)O. The van der Waals surface area contributed by atoms with Crippen LogP contribution >= 0.6 is 22.6 Å². The van der Waals surface area contributed by atoms with Crippen molar-refractivity contribution in [2.45, 2.75) is 13.5 Å². The predicted molar refractivity (Wildman–Crippen MR) is 77.1 cm³/mol. The fraction of sp³-hybridized carbons (Fsp3) is 0.231. The molecule has 5 nitrogen and oxygen atoms in total. The Morgan fingerprint density at radius 1 is 1.53 bits per heavy atom. The number of rotatable bonds is 4. The van der Waals surface area contributed by atoms with Crippen molar-refractivity contribution in [2.24, 2.45) is 0 Å². The minimum Gasteiger partial charge on any atom is -0.475 e. The van der Waals surface area contributed by atoms with E-state index in [1.165, 1.54) is 7.11 Å². The number of carboxylic acids is 1. The lowest BCUT2D eigenvalue weighted by molar-refractivity contribution is 0.0656. The average Bonchev–Trinajstić information content (AvgIpc) is 2.77.